The molecule has 4 nitrogen and oxygen atoms in total. The molecule has 0 bridgehead atoms. The van der Waals surface area contributed by atoms with Gasteiger partial charge in [-0.05, 0) is 6.42 Å². The molecule has 3 N–H and O–H groups in total. The summed E-state index contributed by atoms with van der Waals surface area (Å²) >= 11 is 0. The molecule has 1 aliphatic rings. The van der Waals surface area contributed by atoms with Gasteiger partial charge < -0.3 is 15.5 Å². The number of aliphatic carboxylic acids is 1. The number of aliphatic hydroxyl groups is 1. The largest absolute Gasteiger partial charge is 0.478 e. The molecule has 0 aromatic heterocycles. The number of carboxylic acid groups (broad SMARTS) is 1. The first kappa shape index (κ1) is 8.23. The van der Waals surface area contributed by atoms with Crippen LogP contribution in [-0.2, 0) is 4.79 Å². The molecule has 1 heterocycles. The van der Waals surface area contributed by atoms with Gasteiger partial charge in [-0.25, -0.2) is 4.79 Å². The van der Waals surface area contributed by atoms with Gasteiger partial charge in [-0.2, -0.15) is 0 Å². The van der Waals surface area contributed by atoms with Crippen LogP contribution in [0.4, 0.5) is 0 Å². The Morgan fingerprint density at radius 1 is 1.82 bits per heavy atom. The van der Waals surface area contributed by atoms with Crippen molar-refractivity contribution in [2.45, 2.75) is 12.5 Å². The van der Waals surface area contributed by atoms with Gasteiger partial charge in [0, 0.05) is 18.2 Å². The van der Waals surface area contributed by atoms with E-state index in [1.807, 2.05) is 0 Å². The zero-order valence-electron chi connectivity index (χ0n) is 6.08. The molecule has 11 heavy (non-hydrogen) atoms. The highest BCUT2D eigenvalue weighted by Gasteiger charge is 2.17. The van der Waals surface area contributed by atoms with Gasteiger partial charge in [0.05, 0.1) is 6.61 Å². The molecule has 0 aliphatic carbocycles. The number of aliphatic hydroxyl groups excluding tert-OH is 1. The fourth-order valence-electron chi connectivity index (χ4n) is 1.07. The van der Waals surface area contributed by atoms with Crippen molar-refractivity contribution >= 4 is 5.97 Å². The van der Waals surface area contributed by atoms with Crippen molar-refractivity contribution < 1.29 is 15.0 Å². The highest BCUT2D eigenvalue weighted by molar-refractivity contribution is 5.86. The molecule has 1 atom stereocenters. The predicted molar refractivity (Wildman–Crippen MR) is 39.2 cm³/mol. The van der Waals surface area contributed by atoms with Crippen molar-refractivity contribution in [3.05, 3.63) is 11.6 Å². The van der Waals surface area contributed by atoms with Gasteiger partial charge in [0.1, 0.15) is 0 Å². The van der Waals surface area contributed by atoms with Crippen LogP contribution in [0.3, 0.4) is 0 Å². The number of carbonyl (C=O) groups is 1. The molecule has 62 valence electrons. The van der Waals surface area contributed by atoms with Crippen LogP contribution < -0.4 is 5.32 Å². The SMILES string of the molecule is O=C(O)C1=CCNC(CO)C1. The molecule has 0 fully saturated rings. The zero-order valence-corrected chi connectivity index (χ0v) is 6.08. The predicted octanol–water partition coefficient (Wildman–Crippen LogP) is -0.648. The van der Waals surface area contributed by atoms with E-state index in [9.17, 15) is 4.79 Å². The van der Waals surface area contributed by atoms with Crippen molar-refractivity contribution in [2.24, 2.45) is 0 Å². The lowest BCUT2D eigenvalue weighted by Crippen LogP contribution is -2.37. The molecule has 1 unspecified atom stereocenters. The molecule has 0 saturated heterocycles. The molecule has 0 saturated carbocycles. The Labute approximate surface area is 64.5 Å². The Hall–Kier alpha value is -0.870. The van der Waals surface area contributed by atoms with Gasteiger partial charge in [0.25, 0.3) is 0 Å². The normalized spacial score (nSPS) is 24.5. The highest BCUT2D eigenvalue weighted by atomic mass is 16.4. The van der Waals surface area contributed by atoms with Gasteiger partial charge in [-0.1, -0.05) is 6.08 Å². The second kappa shape index (κ2) is 3.50. The number of hydrogen-bond acceptors (Lipinski definition) is 3. The lowest BCUT2D eigenvalue weighted by Gasteiger charge is -2.19. The average Bonchev–Trinajstić information content (AvgIpc) is 2.05. The summed E-state index contributed by atoms with van der Waals surface area (Å²) in [7, 11) is 0. The first-order valence-electron chi connectivity index (χ1n) is 3.50. The first-order chi connectivity index (χ1) is 5.24. The molecule has 0 radical (unpaired) electrons. The van der Waals surface area contributed by atoms with Crippen LogP contribution in [-0.4, -0.2) is 35.4 Å². The van der Waals surface area contributed by atoms with Crippen molar-refractivity contribution in [3.63, 3.8) is 0 Å². The van der Waals surface area contributed by atoms with Crippen LogP contribution in [0.25, 0.3) is 0 Å². The van der Waals surface area contributed by atoms with E-state index in [0.29, 0.717) is 18.5 Å². The standard InChI is InChI=1S/C7H11NO3/c9-4-6-3-5(7(10)11)1-2-8-6/h1,6,8-9H,2-4H2,(H,10,11). The summed E-state index contributed by atoms with van der Waals surface area (Å²) in [6.07, 6.45) is 2.04. The van der Waals surface area contributed by atoms with E-state index in [-0.39, 0.29) is 12.6 Å². The van der Waals surface area contributed by atoms with Crippen molar-refractivity contribution in [1.82, 2.24) is 5.32 Å². The Morgan fingerprint density at radius 2 is 2.55 bits per heavy atom. The first-order valence-corrected chi connectivity index (χ1v) is 3.50. The maximum absolute atomic E-state index is 10.4. The minimum absolute atomic E-state index is 0.00931. The average molecular weight is 157 g/mol. The Bertz CT molecular complexity index is 188. The lowest BCUT2D eigenvalue weighted by molar-refractivity contribution is -0.133. The molecule has 1 rings (SSSR count). The molecule has 0 aromatic rings. The second-order valence-electron chi connectivity index (χ2n) is 2.53. The second-order valence-corrected chi connectivity index (χ2v) is 2.53. The number of carboxylic acids is 1. The van der Waals surface area contributed by atoms with E-state index in [1.54, 1.807) is 6.08 Å². The van der Waals surface area contributed by atoms with E-state index in [2.05, 4.69) is 5.32 Å². The van der Waals surface area contributed by atoms with Gasteiger partial charge in [-0.3, -0.25) is 0 Å². The quantitative estimate of drug-likeness (QED) is 0.498. The lowest BCUT2D eigenvalue weighted by atomic mass is 10.0. The number of rotatable bonds is 2. The maximum Gasteiger partial charge on any atom is 0.331 e. The third kappa shape index (κ3) is 2.03. The molecule has 4 heteroatoms. The van der Waals surface area contributed by atoms with Crippen LogP contribution in [0.5, 0.6) is 0 Å². The Kier molecular flexibility index (Phi) is 2.62. The number of nitrogens with one attached hydrogen (secondary N) is 1. The van der Waals surface area contributed by atoms with Crippen molar-refractivity contribution in [3.8, 4) is 0 Å². The number of hydrogen-bond donors (Lipinski definition) is 3. The van der Waals surface area contributed by atoms with Crippen LogP contribution in [0.1, 0.15) is 6.42 Å². The van der Waals surface area contributed by atoms with Gasteiger partial charge in [-0.15, -0.1) is 0 Å². The minimum Gasteiger partial charge on any atom is -0.478 e. The summed E-state index contributed by atoms with van der Waals surface area (Å²) < 4.78 is 0. The monoisotopic (exact) mass is 157 g/mol. The summed E-state index contributed by atoms with van der Waals surface area (Å²) in [6.45, 7) is 0.525. The van der Waals surface area contributed by atoms with E-state index < -0.39 is 5.97 Å². The van der Waals surface area contributed by atoms with E-state index in [1.165, 1.54) is 0 Å². The molecule has 0 spiro atoms. The van der Waals surface area contributed by atoms with Gasteiger partial charge >= 0.3 is 5.97 Å². The molecular weight excluding hydrogens is 146 g/mol. The smallest absolute Gasteiger partial charge is 0.331 e. The fourth-order valence-corrected chi connectivity index (χ4v) is 1.07. The summed E-state index contributed by atoms with van der Waals surface area (Å²) in [6, 6.07) is -0.0916. The van der Waals surface area contributed by atoms with Crippen molar-refractivity contribution in [2.75, 3.05) is 13.2 Å². The molecule has 1 aliphatic heterocycles. The van der Waals surface area contributed by atoms with E-state index in [0.717, 1.165) is 0 Å². The van der Waals surface area contributed by atoms with Crippen molar-refractivity contribution in [1.29, 1.82) is 0 Å². The molecule has 0 amide bonds. The van der Waals surface area contributed by atoms with Crippen LogP contribution in [0, 0.1) is 0 Å². The maximum atomic E-state index is 10.4. The van der Waals surface area contributed by atoms with E-state index in [4.69, 9.17) is 10.2 Å². The third-order valence-electron chi connectivity index (χ3n) is 1.72. The zero-order chi connectivity index (χ0) is 8.27. The van der Waals surface area contributed by atoms with Crippen LogP contribution in [0.2, 0.25) is 0 Å². The summed E-state index contributed by atoms with van der Waals surface area (Å²) in [5, 5.41) is 20.2. The topological polar surface area (TPSA) is 69.6 Å². The Balaban J connectivity index is 2.55. The highest BCUT2D eigenvalue weighted by Crippen LogP contribution is 2.09. The minimum atomic E-state index is -0.884. The third-order valence-corrected chi connectivity index (χ3v) is 1.72. The van der Waals surface area contributed by atoms with E-state index >= 15 is 0 Å². The molecule has 0 aromatic carbocycles. The van der Waals surface area contributed by atoms with Gasteiger partial charge in [0.2, 0.25) is 0 Å². The summed E-state index contributed by atoms with van der Waals surface area (Å²) in [5.74, 6) is -0.884. The summed E-state index contributed by atoms with van der Waals surface area (Å²) in [5.41, 5.74) is 0.391. The van der Waals surface area contributed by atoms with Gasteiger partial charge in [0.15, 0.2) is 0 Å². The molecular formula is C7H11NO3. The fraction of sp³-hybridized carbons (Fsp3) is 0.571. The Morgan fingerprint density at radius 3 is 3.09 bits per heavy atom. The van der Waals surface area contributed by atoms with Crippen LogP contribution in [0.15, 0.2) is 11.6 Å². The van der Waals surface area contributed by atoms with Crippen LogP contribution >= 0.6 is 0 Å². The summed E-state index contributed by atoms with van der Waals surface area (Å²) in [4.78, 5) is 10.4.